The van der Waals surface area contributed by atoms with Gasteiger partial charge in [0, 0.05) is 13.1 Å². The quantitative estimate of drug-likeness (QED) is 0.733. The molecule has 0 unspecified atom stereocenters. The zero-order chi connectivity index (χ0) is 13.0. The molecule has 5 nitrogen and oxygen atoms in total. The minimum atomic E-state index is -0.388. The predicted octanol–water partition coefficient (Wildman–Crippen LogP) is 1.18. The molecule has 94 valence electrons. The number of hydrogen-bond donors (Lipinski definition) is 0. The second kappa shape index (κ2) is 5.52. The van der Waals surface area contributed by atoms with Gasteiger partial charge in [0.15, 0.2) is 0 Å². The van der Waals surface area contributed by atoms with Crippen molar-refractivity contribution >= 4 is 11.7 Å². The second-order valence-electron chi connectivity index (χ2n) is 3.93. The Balaban J connectivity index is 2.40. The van der Waals surface area contributed by atoms with E-state index < -0.39 is 0 Å². The summed E-state index contributed by atoms with van der Waals surface area (Å²) in [5.41, 5.74) is 1.76. The summed E-state index contributed by atoms with van der Waals surface area (Å²) in [5, 5.41) is 8.94. The van der Waals surface area contributed by atoms with Gasteiger partial charge in [0.2, 0.25) is 0 Å². The molecule has 0 saturated carbocycles. The van der Waals surface area contributed by atoms with Crippen LogP contribution in [0, 0.1) is 11.3 Å². The van der Waals surface area contributed by atoms with E-state index >= 15 is 0 Å². The van der Waals surface area contributed by atoms with E-state index in [2.05, 4.69) is 6.07 Å². The molecular formula is C13H14N2O3. The van der Waals surface area contributed by atoms with E-state index in [4.69, 9.17) is 14.7 Å². The van der Waals surface area contributed by atoms with Crippen molar-refractivity contribution in [1.82, 2.24) is 0 Å². The summed E-state index contributed by atoms with van der Waals surface area (Å²) in [7, 11) is 1.35. The van der Waals surface area contributed by atoms with Gasteiger partial charge < -0.3 is 14.4 Å². The van der Waals surface area contributed by atoms with Gasteiger partial charge in [-0.05, 0) is 18.2 Å². The third kappa shape index (κ3) is 2.44. The van der Waals surface area contributed by atoms with Crippen molar-refractivity contribution in [3.8, 4) is 6.07 Å². The third-order valence-corrected chi connectivity index (χ3v) is 2.88. The van der Waals surface area contributed by atoms with E-state index in [1.807, 2.05) is 4.90 Å². The number of hydrogen-bond acceptors (Lipinski definition) is 5. The van der Waals surface area contributed by atoms with E-state index in [0.29, 0.717) is 37.4 Å². The molecule has 1 saturated heterocycles. The Morgan fingerprint density at radius 2 is 2.17 bits per heavy atom. The number of methoxy groups -OCH3 is 1. The van der Waals surface area contributed by atoms with Crippen molar-refractivity contribution in [3.05, 3.63) is 29.3 Å². The van der Waals surface area contributed by atoms with Crippen LogP contribution < -0.4 is 4.90 Å². The lowest BCUT2D eigenvalue weighted by Gasteiger charge is -2.30. The maximum absolute atomic E-state index is 11.7. The van der Waals surface area contributed by atoms with E-state index in [-0.39, 0.29) is 5.97 Å². The molecule has 0 atom stereocenters. The molecule has 1 fully saturated rings. The molecule has 0 aromatic heterocycles. The highest BCUT2D eigenvalue weighted by Gasteiger charge is 2.19. The fourth-order valence-electron chi connectivity index (χ4n) is 1.95. The zero-order valence-electron chi connectivity index (χ0n) is 10.2. The summed E-state index contributed by atoms with van der Waals surface area (Å²) in [5.74, 6) is -0.388. The standard InChI is InChI=1S/C13H14N2O3/c1-17-13(16)11-3-2-10(9-14)8-12(11)15-4-6-18-7-5-15/h2-3,8H,4-7H2,1H3. The van der Waals surface area contributed by atoms with Crippen LogP contribution in [0.3, 0.4) is 0 Å². The van der Waals surface area contributed by atoms with Crippen molar-refractivity contribution < 1.29 is 14.3 Å². The van der Waals surface area contributed by atoms with Crippen LogP contribution in [0.15, 0.2) is 18.2 Å². The Bertz CT molecular complexity index is 487. The first-order chi connectivity index (χ1) is 8.76. The molecule has 0 spiro atoms. The number of carbonyl (C=O) groups excluding carboxylic acids is 1. The van der Waals surface area contributed by atoms with Crippen LogP contribution in [0.25, 0.3) is 0 Å². The molecule has 5 heteroatoms. The lowest BCUT2D eigenvalue weighted by atomic mass is 10.1. The van der Waals surface area contributed by atoms with Crippen molar-refractivity contribution in [2.24, 2.45) is 0 Å². The normalized spacial score (nSPS) is 15.0. The SMILES string of the molecule is COC(=O)c1ccc(C#N)cc1N1CCOCC1. The summed E-state index contributed by atoms with van der Waals surface area (Å²) in [6, 6.07) is 7.06. The highest BCUT2D eigenvalue weighted by molar-refractivity contribution is 5.96. The molecule has 0 amide bonds. The number of morpholine rings is 1. The van der Waals surface area contributed by atoms with Crippen LogP contribution in [-0.4, -0.2) is 39.4 Å². The molecule has 0 aliphatic carbocycles. The van der Waals surface area contributed by atoms with Gasteiger partial charge in [-0.3, -0.25) is 0 Å². The average molecular weight is 246 g/mol. The van der Waals surface area contributed by atoms with Gasteiger partial charge in [0.25, 0.3) is 0 Å². The Morgan fingerprint density at radius 1 is 1.44 bits per heavy atom. The van der Waals surface area contributed by atoms with E-state index in [9.17, 15) is 4.79 Å². The molecule has 1 aromatic carbocycles. The molecule has 0 bridgehead atoms. The minimum Gasteiger partial charge on any atom is -0.465 e. The van der Waals surface area contributed by atoms with Gasteiger partial charge >= 0.3 is 5.97 Å². The number of nitriles is 1. The molecule has 18 heavy (non-hydrogen) atoms. The van der Waals surface area contributed by atoms with Crippen LogP contribution in [0.4, 0.5) is 5.69 Å². The second-order valence-corrected chi connectivity index (χ2v) is 3.93. The molecule has 1 heterocycles. The molecule has 1 aliphatic heterocycles. The topological polar surface area (TPSA) is 62.6 Å². The fraction of sp³-hybridized carbons (Fsp3) is 0.385. The largest absolute Gasteiger partial charge is 0.465 e. The molecule has 0 N–H and O–H groups in total. The molecule has 1 aliphatic rings. The monoisotopic (exact) mass is 246 g/mol. The lowest BCUT2D eigenvalue weighted by molar-refractivity contribution is 0.0600. The number of ether oxygens (including phenoxy) is 2. The number of esters is 1. The number of benzene rings is 1. The summed E-state index contributed by atoms with van der Waals surface area (Å²) >= 11 is 0. The summed E-state index contributed by atoms with van der Waals surface area (Å²) < 4.78 is 10.0. The van der Waals surface area contributed by atoms with Crippen LogP contribution in [-0.2, 0) is 9.47 Å². The Hall–Kier alpha value is -2.06. The third-order valence-electron chi connectivity index (χ3n) is 2.88. The average Bonchev–Trinajstić information content (AvgIpc) is 2.46. The maximum atomic E-state index is 11.7. The highest BCUT2D eigenvalue weighted by atomic mass is 16.5. The molecule has 0 radical (unpaired) electrons. The van der Waals surface area contributed by atoms with Crippen LogP contribution in [0.5, 0.6) is 0 Å². The molecular weight excluding hydrogens is 232 g/mol. The van der Waals surface area contributed by atoms with Gasteiger partial charge in [0.05, 0.1) is 43.2 Å². The van der Waals surface area contributed by atoms with E-state index in [1.54, 1.807) is 18.2 Å². The van der Waals surface area contributed by atoms with Crippen molar-refractivity contribution in [2.45, 2.75) is 0 Å². The molecule has 2 rings (SSSR count). The Kier molecular flexibility index (Phi) is 3.80. The summed E-state index contributed by atoms with van der Waals surface area (Å²) in [6.07, 6.45) is 0. The predicted molar refractivity (Wildman–Crippen MR) is 65.5 cm³/mol. The summed E-state index contributed by atoms with van der Waals surface area (Å²) in [4.78, 5) is 13.8. The van der Waals surface area contributed by atoms with Crippen LogP contribution in [0.2, 0.25) is 0 Å². The number of anilines is 1. The fourth-order valence-corrected chi connectivity index (χ4v) is 1.95. The number of nitrogens with zero attached hydrogens (tertiary/aromatic N) is 2. The summed E-state index contributed by atoms with van der Waals surface area (Å²) in [6.45, 7) is 2.66. The smallest absolute Gasteiger partial charge is 0.339 e. The lowest BCUT2D eigenvalue weighted by Crippen LogP contribution is -2.37. The van der Waals surface area contributed by atoms with Crippen LogP contribution in [0.1, 0.15) is 15.9 Å². The Labute approximate surface area is 106 Å². The number of rotatable bonds is 2. The van der Waals surface area contributed by atoms with Gasteiger partial charge in [-0.1, -0.05) is 0 Å². The van der Waals surface area contributed by atoms with Crippen molar-refractivity contribution in [2.75, 3.05) is 38.3 Å². The molecule has 1 aromatic rings. The zero-order valence-corrected chi connectivity index (χ0v) is 10.2. The highest BCUT2D eigenvalue weighted by Crippen LogP contribution is 2.24. The first-order valence-electron chi connectivity index (χ1n) is 5.71. The van der Waals surface area contributed by atoms with Crippen molar-refractivity contribution in [3.63, 3.8) is 0 Å². The van der Waals surface area contributed by atoms with Gasteiger partial charge in [0.1, 0.15) is 0 Å². The maximum Gasteiger partial charge on any atom is 0.339 e. The van der Waals surface area contributed by atoms with Crippen molar-refractivity contribution in [1.29, 1.82) is 5.26 Å². The minimum absolute atomic E-state index is 0.388. The van der Waals surface area contributed by atoms with Gasteiger partial charge in [-0.25, -0.2) is 4.79 Å². The Morgan fingerprint density at radius 3 is 2.78 bits per heavy atom. The van der Waals surface area contributed by atoms with Gasteiger partial charge in [-0.15, -0.1) is 0 Å². The number of carbonyl (C=O) groups is 1. The van der Waals surface area contributed by atoms with Crippen LogP contribution >= 0.6 is 0 Å². The van der Waals surface area contributed by atoms with E-state index in [0.717, 1.165) is 5.69 Å². The van der Waals surface area contributed by atoms with E-state index in [1.165, 1.54) is 7.11 Å². The van der Waals surface area contributed by atoms with Gasteiger partial charge in [-0.2, -0.15) is 5.26 Å². The first kappa shape index (κ1) is 12.4. The first-order valence-corrected chi connectivity index (χ1v) is 5.71.